The van der Waals surface area contributed by atoms with Crippen molar-refractivity contribution < 1.29 is 9.90 Å². The summed E-state index contributed by atoms with van der Waals surface area (Å²) < 4.78 is 0. The van der Waals surface area contributed by atoms with E-state index in [0.717, 1.165) is 0 Å². The van der Waals surface area contributed by atoms with Crippen LogP contribution in [0.15, 0.2) is 12.2 Å². The standard InChI is InChI=1S/C10H14O2/c1-5-7-3-4-8(11)6(2)9(7)10(5)12/h3-7,9-10,12H,1-2H3/t5-,6+,7-,9-,10+/m1/s1. The molecule has 0 radical (unpaired) electrons. The van der Waals surface area contributed by atoms with E-state index in [2.05, 4.69) is 0 Å². The number of hydrogen-bond donors (Lipinski definition) is 1. The molecule has 66 valence electrons. The van der Waals surface area contributed by atoms with Gasteiger partial charge in [0.2, 0.25) is 0 Å². The van der Waals surface area contributed by atoms with Crippen molar-refractivity contribution in [2.45, 2.75) is 20.0 Å². The Balaban J connectivity index is 2.24. The molecule has 0 aliphatic heterocycles. The van der Waals surface area contributed by atoms with E-state index < -0.39 is 0 Å². The largest absolute Gasteiger partial charge is 0.392 e. The van der Waals surface area contributed by atoms with Crippen molar-refractivity contribution in [2.75, 3.05) is 0 Å². The molecule has 0 aromatic rings. The Morgan fingerprint density at radius 1 is 1.42 bits per heavy atom. The Hall–Kier alpha value is -0.630. The molecule has 12 heavy (non-hydrogen) atoms. The quantitative estimate of drug-likeness (QED) is 0.583. The molecule has 0 saturated heterocycles. The first-order valence-corrected chi connectivity index (χ1v) is 4.53. The minimum absolute atomic E-state index is 0.0196. The van der Waals surface area contributed by atoms with Crippen molar-refractivity contribution in [3.63, 3.8) is 0 Å². The van der Waals surface area contributed by atoms with Crippen molar-refractivity contribution in [3.8, 4) is 0 Å². The zero-order valence-electron chi connectivity index (χ0n) is 7.40. The third kappa shape index (κ3) is 0.816. The van der Waals surface area contributed by atoms with Crippen LogP contribution in [0.25, 0.3) is 0 Å². The fourth-order valence-electron chi connectivity index (χ4n) is 2.49. The van der Waals surface area contributed by atoms with Crippen molar-refractivity contribution in [1.29, 1.82) is 0 Å². The molecule has 0 spiro atoms. The second kappa shape index (κ2) is 2.43. The molecule has 0 unspecified atom stereocenters. The van der Waals surface area contributed by atoms with Crippen LogP contribution < -0.4 is 0 Å². The molecule has 2 heteroatoms. The van der Waals surface area contributed by atoms with E-state index in [1.807, 2.05) is 19.9 Å². The summed E-state index contributed by atoms with van der Waals surface area (Å²) in [6.07, 6.45) is 3.37. The van der Waals surface area contributed by atoms with Crippen molar-refractivity contribution in [1.82, 2.24) is 0 Å². The Kier molecular flexibility index (Phi) is 1.62. The maximum absolute atomic E-state index is 11.2. The van der Waals surface area contributed by atoms with Crippen LogP contribution in [0.5, 0.6) is 0 Å². The average molecular weight is 166 g/mol. The zero-order valence-corrected chi connectivity index (χ0v) is 7.40. The van der Waals surface area contributed by atoms with Gasteiger partial charge in [0, 0.05) is 11.8 Å². The summed E-state index contributed by atoms with van der Waals surface area (Å²) in [7, 11) is 0. The maximum atomic E-state index is 11.2. The van der Waals surface area contributed by atoms with Crippen molar-refractivity contribution >= 4 is 5.78 Å². The Morgan fingerprint density at radius 3 is 2.75 bits per heavy atom. The summed E-state index contributed by atoms with van der Waals surface area (Å²) in [5.41, 5.74) is 0. The first kappa shape index (κ1) is 7.99. The molecule has 2 rings (SSSR count). The molecule has 0 aromatic heterocycles. The average Bonchev–Trinajstić information content (AvgIpc) is 2.08. The van der Waals surface area contributed by atoms with Gasteiger partial charge in [-0.25, -0.2) is 0 Å². The molecule has 1 fully saturated rings. The normalized spacial score (nSPS) is 51.6. The molecule has 1 saturated carbocycles. The van der Waals surface area contributed by atoms with Gasteiger partial charge in [-0.05, 0) is 17.9 Å². The minimum Gasteiger partial charge on any atom is -0.392 e. The lowest BCUT2D eigenvalue weighted by Crippen LogP contribution is -2.54. The molecule has 1 N–H and O–H groups in total. The van der Waals surface area contributed by atoms with E-state index in [4.69, 9.17) is 0 Å². The number of carbonyl (C=O) groups is 1. The van der Waals surface area contributed by atoms with Crippen LogP contribution in [0.3, 0.4) is 0 Å². The van der Waals surface area contributed by atoms with E-state index in [1.165, 1.54) is 0 Å². The molecule has 0 aromatic carbocycles. The van der Waals surface area contributed by atoms with Crippen LogP contribution in [0.1, 0.15) is 13.8 Å². The molecule has 2 aliphatic carbocycles. The zero-order chi connectivity index (χ0) is 8.88. The SMILES string of the molecule is C[C@H]1[C@H](O)[C@H]2[C@@H]1C=CC(=O)[C@@H]2C. The van der Waals surface area contributed by atoms with Crippen LogP contribution in [-0.2, 0) is 4.79 Å². The summed E-state index contributed by atoms with van der Waals surface area (Å²) in [6.45, 7) is 3.96. The van der Waals surface area contributed by atoms with Gasteiger partial charge in [-0.3, -0.25) is 4.79 Å². The van der Waals surface area contributed by atoms with E-state index in [9.17, 15) is 9.90 Å². The first-order chi connectivity index (χ1) is 5.63. The minimum atomic E-state index is -0.265. The van der Waals surface area contributed by atoms with Crippen LogP contribution in [0.4, 0.5) is 0 Å². The number of ketones is 1. The lowest BCUT2D eigenvalue weighted by atomic mass is 9.56. The molecular formula is C10H14O2. The third-order valence-electron chi connectivity index (χ3n) is 3.49. The summed E-state index contributed by atoms with van der Waals surface area (Å²) in [5.74, 6) is 1.15. The second-order valence-corrected chi connectivity index (χ2v) is 4.05. The maximum Gasteiger partial charge on any atom is 0.158 e. The van der Waals surface area contributed by atoms with E-state index in [-0.39, 0.29) is 23.7 Å². The predicted molar refractivity (Wildman–Crippen MR) is 45.5 cm³/mol. The highest BCUT2D eigenvalue weighted by molar-refractivity contribution is 5.93. The first-order valence-electron chi connectivity index (χ1n) is 4.53. The highest BCUT2D eigenvalue weighted by Crippen LogP contribution is 2.47. The van der Waals surface area contributed by atoms with Gasteiger partial charge in [-0.15, -0.1) is 0 Å². The summed E-state index contributed by atoms with van der Waals surface area (Å²) >= 11 is 0. The Morgan fingerprint density at radius 2 is 2.08 bits per heavy atom. The molecule has 2 nitrogen and oxygen atoms in total. The number of carbonyl (C=O) groups excluding carboxylic acids is 1. The van der Waals surface area contributed by atoms with Crippen LogP contribution in [-0.4, -0.2) is 17.0 Å². The summed E-state index contributed by atoms with van der Waals surface area (Å²) in [5, 5.41) is 9.61. The van der Waals surface area contributed by atoms with Gasteiger partial charge in [0.05, 0.1) is 6.10 Å². The van der Waals surface area contributed by atoms with E-state index >= 15 is 0 Å². The highest BCUT2D eigenvalue weighted by Gasteiger charge is 2.50. The van der Waals surface area contributed by atoms with Crippen LogP contribution in [0.2, 0.25) is 0 Å². The summed E-state index contributed by atoms with van der Waals surface area (Å²) in [6, 6.07) is 0. The van der Waals surface area contributed by atoms with E-state index in [0.29, 0.717) is 11.8 Å². The van der Waals surface area contributed by atoms with Gasteiger partial charge in [0.15, 0.2) is 5.78 Å². The molecular weight excluding hydrogens is 152 g/mol. The smallest absolute Gasteiger partial charge is 0.158 e. The molecule has 5 atom stereocenters. The number of aliphatic hydroxyl groups excluding tert-OH is 1. The predicted octanol–water partition coefficient (Wildman–Crippen LogP) is 1.00. The number of fused-ring (bicyclic) bond motifs is 1. The van der Waals surface area contributed by atoms with Gasteiger partial charge in [-0.1, -0.05) is 19.9 Å². The lowest BCUT2D eigenvalue weighted by Gasteiger charge is -2.50. The number of allylic oxidation sites excluding steroid dienone is 2. The highest BCUT2D eigenvalue weighted by atomic mass is 16.3. The number of rotatable bonds is 0. The molecule has 0 heterocycles. The molecule has 0 amide bonds. The molecule has 0 bridgehead atoms. The fraction of sp³-hybridized carbons (Fsp3) is 0.700. The monoisotopic (exact) mass is 166 g/mol. The van der Waals surface area contributed by atoms with Crippen LogP contribution in [0, 0.1) is 23.7 Å². The van der Waals surface area contributed by atoms with Crippen molar-refractivity contribution in [2.24, 2.45) is 23.7 Å². The van der Waals surface area contributed by atoms with Crippen LogP contribution >= 0.6 is 0 Å². The Bertz CT molecular complexity index is 244. The second-order valence-electron chi connectivity index (χ2n) is 4.05. The topological polar surface area (TPSA) is 37.3 Å². The van der Waals surface area contributed by atoms with Gasteiger partial charge >= 0.3 is 0 Å². The lowest BCUT2D eigenvalue weighted by molar-refractivity contribution is -0.137. The van der Waals surface area contributed by atoms with E-state index in [1.54, 1.807) is 6.08 Å². The van der Waals surface area contributed by atoms with Gasteiger partial charge in [0.25, 0.3) is 0 Å². The van der Waals surface area contributed by atoms with Gasteiger partial charge < -0.3 is 5.11 Å². The molecule has 2 aliphatic rings. The summed E-state index contributed by atoms with van der Waals surface area (Å²) in [4.78, 5) is 11.2. The van der Waals surface area contributed by atoms with Gasteiger partial charge in [-0.2, -0.15) is 0 Å². The van der Waals surface area contributed by atoms with Crippen molar-refractivity contribution in [3.05, 3.63) is 12.2 Å². The number of aliphatic hydroxyl groups is 1. The van der Waals surface area contributed by atoms with Gasteiger partial charge in [0.1, 0.15) is 0 Å². The number of hydrogen-bond acceptors (Lipinski definition) is 2. The fourth-order valence-corrected chi connectivity index (χ4v) is 2.49. The Labute approximate surface area is 72.3 Å². The third-order valence-corrected chi connectivity index (χ3v) is 3.49.